The Morgan fingerprint density at radius 1 is 1.26 bits per heavy atom. The monoisotopic (exact) mass is 331 g/mol. The van der Waals surface area contributed by atoms with Crippen molar-refractivity contribution in [2.75, 3.05) is 0 Å². The fourth-order valence-electron chi connectivity index (χ4n) is 3.13. The number of ketones is 1. The molecule has 3 heteroatoms. The largest absolute Gasteiger partial charge is 0.300 e. The molecule has 0 radical (unpaired) electrons. The van der Waals surface area contributed by atoms with Crippen molar-refractivity contribution in [3.8, 4) is 11.3 Å². The molecule has 1 unspecified atom stereocenters. The Hall–Kier alpha value is -1.48. The SMILES string of the molecule is CC.CC1CC[C@](C)(c2nc(-c3ccccc3)cs2)CC(=O)C1.[HH]. The van der Waals surface area contributed by atoms with Crippen molar-refractivity contribution in [1.82, 2.24) is 4.98 Å². The van der Waals surface area contributed by atoms with Gasteiger partial charge < -0.3 is 0 Å². The lowest BCUT2D eigenvalue weighted by atomic mass is 9.82. The van der Waals surface area contributed by atoms with Gasteiger partial charge in [-0.1, -0.05) is 58.0 Å². The summed E-state index contributed by atoms with van der Waals surface area (Å²) in [4.78, 5) is 17.0. The summed E-state index contributed by atoms with van der Waals surface area (Å²) in [5.41, 5.74) is 2.10. The third-order valence-corrected chi connectivity index (χ3v) is 5.59. The average Bonchev–Trinajstić information content (AvgIpc) is 3.02. The van der Waals surface area contributed by atoms with Gasteiger partial charge >= 0.3 is 0 Å². The maximum atomic E-state index is 12.1. The summed E-state index contributed by atoms with van der Waals surface area (Å²) in [6, 6.07) is 10.3. The standard InChI is InChI=1S/C18H21NOS.C2H6.H2/c1-13-8-9-18(2,11-15(20)10-13)17-19-16(12-21-17)14-6-4-3-5-7-14;1-2;/h3-7,12-13H,8-11H2,1-2H3;1-2H3;1H/t13?,18-;;/m0../s1. The number of aromatic nitrogens is 1. The van der Waals surface area contributed by atoms with E-state index in [1.54, 1.807) is 11.3 Å². The minimum Gasteiger partial charge on any atom is -0.300 e. The Morgan fingerprint density at radius 3 is 2.65 bits per heavy atom. The van der Waals surface area contributed by atoms with E-state index in [0.29, 0.717) is 18.1 Å². The van der Waals surface area contributed by atoms with Crippen molar-refractivity contribution in [3.63, 3.8) is 0 Å². The Labute approximate surface area is 145 Å². The van der Waals surface area contributed by atoms with Crippen molar-refractivity contribution < 1.29 is 6.22 Å². The quantitative estimate of drug-likeness (QED) is 0.620. The molecule has 0 N–H and O–H groups in total. The summed E-state index contributed by atoms with van der Waals surface area (Å²) in [5, 5.41) is 3.23. The lowest BCUT2D eigenvalue weighted by Gasteiger charge is -2.24. The summed E-state index contributed by atoms with van der Waals surface area (Å²) in [7, 11) is 0. The second kappa shape index (κ2) is 7.87. The minimum absolute atomic E-state index is 0. The van der Waals surface area contributed by atoms with Crippen LogP contribution < -0.4 is 0 Å². The predicted octanol–water partition coefficient (Wildman–Crippen LogP) is 6.12. The zero-order valence-corrected chi connectivity index (χ0v) is 15.5. The molecule has 1 saturated carbocycles. The van der Waals surface area contributed by atoms with Crippen molar-refractivity contribution in [2.24, 2.45) is 5.92 Å². The molecule has 0 spiro atoms. The normalized spacial score (nSPS) is 24.5. The molecule has 1 heterocycles. The molecule has 1 aromatic carbocycles. The van der Waals surface area contributed by atoms with Crippen LogP contribution in [0.1, 0.15) is 59.8 Å². The lowest BCUT2D eigenvalue weighted by molar-refractivity contribution is -0.120. The van der Waals surface area contributed by atoms with E-state index in [1.807, 2.05) is 32.0 Å². The number of benzene rings is 1. The van der Waals surface area contributed by atoms with Crippen LogP contribution in [0.5, 0.6) is 0 Å². The third kappa shape index (κ3) is 4.29. The highest BCUT2D eigenvalue weighted by molar-refractivity contribution is 7.10. The molecule has 1 aliphatic rings. The Bertz CT molecular complexity index is 640. The van der Waals surface area contributed by atoms with Gasteiger partial charge in [0.2, 0.25) is 0 Å². The molecule has 2 nitrogen and oxygen atoms in total. The van der Waals surface area contributed by atoms with E-state index in [4.69, 9.17) is 4.98 Å². The number of carbonyl (C=O) groups excluding carboxylic acids is 1. The van der Waals surface area contributed by atoms with Gasteiger partial charge in [-0.2, -0.15) is 0 Å². The molecule has 2 atom stereocenters. The number of carbonyl (C=O) groups is 1. The van der Waals surface area contributed by atoms with Gasteiger partial charge in [-0.15, -0.1) is 11.3 Å². The molecule has 0 amide bonds. The van der Waals surface area contributed by atoms with Crippen LogP contribution in [0.2, 0.25) is 0 Å². The van der Waals surface area contributed by atoms with Gasteiger partial charge in [0.1, 0.15) is 5.78 Å². The molecular weight excluding hydrogens is 302 g/mol. The number of Topliss-reactive ketones (excluding diaryl/α,β-unsaturated/α-hetero) is 1. The Balaban J connectivity index is 0.000000925. The van der Waals surface area contributed by atoms with Crippen LogP contribution in [0.25, 0.3) is 11.3 Å². The second-order valence-corrected chi connectivity index (χ2v) is 7.39. The van der Waals surface area contributed by atoms with Crippen LogP contribution in [0, 0.1) is 5.92 Å². The number of hydrogen-bond donors (Lipinski definition) is 0. The zero-order chi connectivity index (χ0) is 16.9. The van der Waals surface area contributed by atoms with E-state index < -0.39 is 0 Å². The number of hydrogen-bond acceptors (Lipinski definition) is 3. The van der Waals surface area contributed by atoms with E-state index >= 15 is 0 Å². The number of rotatable bonds is 2. The highest BCUT2D eigenvalue weighted by atomic mass is 32.1. The van der Waals surface area contributed by atoms with E-state index in [9.17, 15) is 4.79 Å². The first-order valence-electron chi connectivity index (χ1n) is 8.60. The van der Waals surface area contributed by atoms with Gasteiger partial charge in [-0.25, -0.2) is 4.98 Å². The van der Waals surface area contributed by atoms with Gasteiger partial charge in [-0.05, 0) is 18.8 Å². The zero-order valence-electron chi connectivity index (χ0n) is 14.6. The molecule has 126 valence electrons. The molecule has 23 heavy (non-hydrogen) atoms. The third-order valence-electron chi connectivity index (χ3n) is 4.44. The first kappa shape index (κ1) is 17.9. The second-order valence-electron chi connectivity index (χ2n) is 6.53. The summed E-state index contributed by atoms with van der Waals surface area (Å²) in [6.45, 7) is 8.39. The van der Waals surface area contributed by atoms with Crippen LogP contribution in [0.3, 0.4) is 0 Å². The highest BCUT2D eigenvalue weighted by Gasteiger charge is 2.35. The summed E-state index contributed by atoms with van der Waals surface area (Å²) < 4.78 is 0. The molecule has 0 aliphatic heterocycles. The lowest BCUT2D eigenvalue weighted by Crippen LogP contribution is -2.23. The van der Waals surface area contributed by atoms with Crippen LogP contribution in [0.15, 0.2) is 35.7 Å². The average molecular weight is 332 g/mol. The molecule has 0 saturated heterocycles. The molecule has 0 bridgehead atoms. The fourth-order valence-corrected chi connectivity index (χ4v) is 4.15. The smallest absolute Gasteiger partial charge is 0.134 e. The van der Waals surface area contributed by atoms with E-state index in [-0.39, 0.29) is 6.84 Å². The van der Waals surface area contributed by atoms with Crippen LogP contribution in [-0.4, -0.2) is 10.8 Å². The molecular formula is C20H29NOS. The summed E-state index contributed by atoms with van der Waals surface area (Å²) in [5.74, 6) is 0.895. The topological polar surface area (TPSA) is 30.0 Å². The van der Waals surface area contributed by atoms with E-state index in [2.05, 4.69) is 31.4 Å². The fraction of sp³-hybridized carbons (Fsp3) is 0.500. The van der Waals surface area contributed by atoms with Crippen molar-refractivity contribution in [1.29, 1.82) is 0 Å². The van der Waals surface area contributed by atoms with Crippen molar-refractivity contribution in [3.05, 3.63) is 40.7 Å². The van der Waals surface area contributed by atoms with Gasteiger partial charge in [-0.3, -0.25) is 4.79 Å². The molecule has 1 fully saturated rings. The van der Waals surface area contributed by atoms with Gasteiger partial charge in [0.05, 0.1) is 10.7 Å². The van der Waals surface area contributed by atoms with Gasteiger partial charge in [0, 0.05) is 30.6 Å². The highest BCUT2D eigenvalue weighted by Crippen LogP contribution is 2.40. The van der Waals surface area contributed by atoms with Crippen LogP contribution >= 0.6 is 11.3 Å². The molecule has 3 rings (SSSR count). The molecule has 1 aromatic heterocycles. The number of nitrogens with zero attached hydrogens (tertiary/aromatic N) is 1. The first-order valence-corrected chi connectivity index (χ1v) is 9.48. The summed E-state index contributed by atoms with van der Waals surface area (Å²) >= 11 is 1.70. The minimum atomic E-state index is -0.0838. The van der Waals surface area contributed by atoms with Crippen LogP contribution in [0.4, 0.5) is 0 Å². The van der Waals surface area contributed by atoms with Crippen LogP contribution in [-0.2, 0) is 10.2 Å². The maximum Gasteiger partial charge on any atom is 0.134 e. The summed E-state index contributed by atoms with van der Waals surface area (Å²) in [6.07, 6.45) is 3.54. The predicted molar refractivity (Wildman–Crippen MR) is 101 cm³/mol. The maximum absolute atomic E-state index is 12.1. The first-order chi connectivity index (χ1) is 11.1. The van der Waals surface area contributed by atoms with Gasteiger partial charge in [0.15, 0.2) is 0 Å². The Kier molecular flexibility index (Phi) is 6.11. The Morgan fingerprint density at radius 2 is 1.96 bits per heavy atom. The molecule has 2 aromatic rings. The number of thiazole rings is 1. The molecule has 1 aliphatic carbocycles. The van der Waals surface area contributed by atoms with E-state index in [0.717, 1.165) is 35.5 Å². The van der Waals surface area contributed by atoms with Gasteiger partial charge in [0.25, 0.3) is 0 Å². The van der Waals surface area contributed by atoms with E-state index in [1.165, 1.54) is 0 Å². The van der Waals surface area contributed by atoms with Crippen molar-refractivity contribution >= 4 is 17.1 Å². The van der Waals surface area contributed by atoms with Crippen molar-refractivity contribution in [2.45, 2.75) is 58.8 Å².